The average Bonchev–Trinajstić information content (AvgIpc) is 2.49. The minimum Gasteiger partial charge on any atom is -0.340 e. The zero-order valence-electron chi connectivity index (χ0n) is 7.40. The first kappa shape index (κ1) is 8.61. The van der Waals surface area contributed by atoms with E-state index < -0.39 is 6.04 Å². The van der Waals surface area contributed by atoms with Gasteiger partial charge in [-0.1, -0.05) is 6.08 Å². The van der Waals surface area contributed by atoms with Crippen LogP contribution < -0.4 is 5.32 Å². The van der Waals surface area contributed by atoms with Gasteiger partial charge in [-0.15, -0.1) is 6.58 Å². The van der Waals surface area contributed by atoms with E-state index in [2.05, 4.69) is 21.9 Å². The lowest BCUT2D eigenvalue weighted by molar-refractivity contribution is -0.121. The van der Waals surface area contributed by atoms with Crippen LogP contribution in [-0.4, -0.2) is 41.5 Å². The van der Waals surface area contributed by atoms with Gasteiger partial charge in [-0.3, -0.25) is 15.5 Å². The molecule has 0 aromatic carbocycles. The normalized spacial score (nSPS) is 24.4. The van der Waals surface area contributed by atoms with Gasteiger partial charge < -0.3 is 4.90 Å². The maximum atomic E-state index is 11.5. The molecule has 6 nitrogen and oxygen atoms in total. The van der Waals surface area contributed by atoms with Crippen LogP contribution in [0.2, 0.25) is 0 Å². The minimum atomic E-state index is -0.498. The number of nitrogens with zero attached hydrogens (tertiary/aromatic N) is 3. The Morgan fingerprint density at radius 3 is 3.29 bits per heavy atom. The van der Waals surface area contributed by atoms with Crippen molar-refractivity contribution in [2.45, 2.75) is 6.04 Å². The molecule has 72 valence electrons. The molecule has 2 N–H and O–H groups in total. The van der Waals surface area contributed by atoms with E-state index in [-0.39, 0.29) is 11.9 Å². The van der Waals surface area contributed by atoms with Crippen molar-refractivity contribution in [2.75, 3.05) is 6.54 Å². The Morgan fingerprint density at radius 1 is 1.79 bits per heavy atom. The van der Waals surface area contributed by atoms with Crippen LogP contribution in [0, 0.1) is 5.41 Å². The van der Waals surface area contributed by atoms with Gasteiger partial charge >= 0.3 is 0 Å². The molecular formula is C8H9N5O. The summed E-state index contributed by atoms with van der Waals surface area (Å²) >= 11 is 0. The number of guanidine groups is 1. The second-order valence-corrected chi connectivity index (χ2v) is 2.94. The molecule has 2 rings (SSSR count). The van der Waals surface area contributed by atoms with Crippen molar-refractivity contribution in [3.8, 4) is 0 Å². The second-order valence-electron chi connectivity index (χ2n) is 2.94. The summed E-state index contributed by atoms with van der Waals surface area (Å²) in [6.45, 7) is 4.12. The molecule has 0 saturated heterocycles. The van der Waals surface area contributed by atoms with Crippen LogP contribution in [0.3, 0.4) is 0 Å². The molecule has 1 unspecified atom stereocenters. The van der Waals surface area contributed by atoms with E-state index >= 15 is 0 Å². The van der Waals surface area contributed by atoms with Crippen LogP contribution in [-0.2, 0) is 4.79 Å². The van der Waals surface area contributed by atoms with Crippen molar-refractivity contribution in [3.05, 3.63) is 12.7 Å². The number of amides is 1. The van der Waals surface area contributed by atoms with Crippen molar-refractivity contribution in [1.29, 1.82) is 5.41 Å². The van der Waals surface area contributed by atoms with Crippen molar-refractivity contribution in [2.24, 2.45) is 9.98 Å². The van der Waals surface area contributed by atoms with Gasteiger partial charge in [-0.25, -0.2) is 4.99 Å². The van der Waals surface area contributed by atoms with Gasteiger partial charge in [0.15, 0.2) is 11.9 Å². The predicted octanol–water partition coefficient (Wildman–Crippen LogP) is -0.652. The van der Waals surface area contributed by atoms with Crippen molar-refractivity contribution in [3.63, 3.8) is 0 Å². The fourth-order valence-electron chi connectivity index (χ4n) is 1.41. The zero-order chi connectivity index (χ0) is 10.1. The van der Waals surface area contributed by atoms with E-state index in [1.54, 1.807) is 17.3 Å². The Balaban J connectivity index is 2.29. The van der Waals surface area contributed by atoms with E-state index in [0.717, 1.165) is 0 Å². The van der Waals surface area contributed by atoms with Crippen LogP contribution in [0.4, 0.5) is 0 Å². The van der Waals surface area contributed by atoms with Crippen LogP contribution >= 0.6 is 0 Å². The molecule has 6 heteroatoms. The maximum Gasteiger partial charge on any atom is 0.257 e. The molecule has 14 heavy (non-hydrogen) atoms. The summed E-state index contributed by atoms with van der Waals surface area (Å²) in [7, 11) is 0. The second kappa shape index (κ2) is 3.06. The molecule has 2 heterocycles. The molecule has 0 radical (unpaired) electrons. The topological polar surface area (TPSA) is 80.9 Å². The van der Waals surface area contributed by atoms with Crippen molar-refractivity contribution < 1.29 is 4.79 Å². The highest BCUT2D eigenvalue weighted by molar-refractivity contribution is 6.22. The summed E-state index contributed by atoms with van der Waals surface area (Å²) in [5, 5.41) is 9.55. The predicted molar refractivity (Wildman–Crippen MR) is 52.5 cm³/mol. The fourth-order valence-corrected chi connectivity index (χ4v) is 1.41. The Kier molecular flexibility index (Phi) is 1.88. The average molecular weight is 191 g/mol. The highest BCUT2D eigenvalue weighted by atomic mass is 16.2. The summed E-state index contributed by atoms with van der Waals surface area (Å²) in [5.41, 5.74) is 0. The lowest BCUT2D eigenvalue weighted by Gasteiger charge is -2.23. The van der Waals surface area contributed by atoms with Crippen LogP contribution in [0.15, 0.2) is 22.6 Å². The number of nitrogens with one attached hydrogen (secondary N) is 2. The van der Waals surface area contributed by atoms with Crippen molar-refractivity contribution >= 4 is 24.0 Å². The van der Waals surface area contributed by atoms with Gasteiger partial charge in [0.1, 0.15) is 0 Å². The zero-order valence-corrected chi connectivity index (χ0v) is 7.40. The van der Waals surface area contributed by atoms with Crippen LogP contribution in [0.25, 0.3) is 0 Å². The van der Waals surface area contributed by atoms with Gasteiger partial charge in [0.2, 0.25) is 5.96 Å². The smallest absolute Gasteiger partial charge is 0.257 e. The summed E-state index contributed by atoms with van der Waals surface area (Å²) in [5.74, 6) is -0.0428. The first-order valence-electron chi connectivity index (χ1n) is 4.11. The molecule has 0 spiro atoms. The Bertz CT molecular complexity index is 370. The largest absolute Gasteiger partial charge is 0.340 e. The molecule has 0 aliphatic carbocycles. The quantitative estimate of drug-likeness (QED) is 0.568. The number of fused-ring (bicyclic) bond motifs is 1. The molecule has 0 fully saturated rings. The standard InChI is InChI=1S/C8H9N5O/c1-2-3-13-4-10-6-5(13)7(14)12-8(9)11-6/h2,4-5H,1,3H2,(H2,9,12,14). The molecule has 2 aliphatic rings. The number of aliphatic imine (C=N–C) groups is 2. The maximum absolute atomic E-state index is 11.5. The third-order valence-electron chi connectivity index (χ3n) is 1.97. The lowest BCUT2D eigenvalue weighted by atomic mass is 10.2. The first-order valence-corrected chi connectivity index (χ1v) is 4.11. The van der Waals surface area contributed by atoms with Gasteiger partial charge in [-0.05, 0) is 0 Å². The van der Waals surface area contributed by atoms with Gasteiger partial charge in [0.05, 0.1) is 6.34 Å². The highest BCUT2D eigenvalue weighted by Gasteiger charge is 2.36. The van der Waals surface area contributed by atoms with E-state index in [1.807, 2.05) is 0 Å². The van der Waals surface area contributed by atoms with Gasteiger partial charge in [-0.2, -0.15) is 4.99 Å². The Labute approximate surface area is 80.5 Å². The third kappa shape index (κ3) is 1.20. The van der Waals surface area contributed by atoms with Crippen LogP contribution in [0.1, 0.15) is 0 Å². The Hall–Kier alpha value is -1.98. The van der Waals surface area contributed by atoms with Crippen molar-refractivity contribution in [1.82, 2.24) is 10.2 Å². The molecule has 0 bridgehead atoms. The molecule has 0 aromatic rings. The summed E-state index contributed by atoms with van der Waals surface area (Å²) in [6, 6.07) is -0.498. The fraction of sp³-hybridized carbons (Fsp3) is 0.250. The number of rotatable bonds is 2. The number of amidine groups is 1. The number of hydrogen-bond acceptors (Lipinski definition) is 4. The molecular weight excluding hydrogens is 182 g/mol. The third-order valence-corrected chi connectivity index (χ3v) is 1.97. The SMILES string of the molecule is C=CCN1C=NC2=NC(=N)NC(=O)C21. The van der Waals surface area contributed by atoms with E-state index in [0.29, 0.717) is 12.4 Å². The molecule has 1 atom stereocenters. The first-order chi connectivity index (χ1) is 6.72. The lowest BCUT2D eigenvalue weighted by Crippen LogP contribution is -2.52. The number of carbonyl (C=O) groups is 1. The number of hydrogen-bond donors (Lipinski definition) is 2. The van der Waals surface area contributed by atoms with Crippen LogP contribution in [0.5, 0.6) is 0 Å². The molecule has 2 aliphatic heterocycles. The molecule has 1 amide bonds. The molecule has 0 saturated carbocycles. The van der Waals surface area contributed by atoms with Gasteiger partial charge in [0.25, 0.3) is 5.91 Å². The molecule has 0 aromatic heterocycles. The number of carbonyl (C=O) groups excluding carboxylic acids is 1. The summed E-state index contributed by atoms with van der Waals surface area (Å²) in [6.07, 6.45) is 3.23. The van der Waals surface area contributed by atoms with E-state index in [1.165, 1.54) is 0 Å². The van der Waals surface area contributed by atoms with E-state index in [9.17, 15) is 4.79 Å². The minimum absolute atomic E-state index is 0.154. The van der Waals surface area contributed by atoms with Gasteiger partial charge in [0, 0.05) is 6.54 Å². The van der Waals surface area contributed by atoms with E-state index in [4.69, 9.17) is 5.41 Å². The summed E-state index contributed by atoms with van der Waals surface area (Å²) in [4.78, 5) is 21.0. The highest BCUT2D eigenvalue weighted by Crippen LogP contribution is 2.11. The Morgan fingerprint density at radius 2 is 2.57 bits per heavy atom. The monoisotopic (exact) mass is 191 g/mol. The summed E-state index contributed by atoms with van der Waals surface area (Å²) < 4.78 is 0.